The normalized spacial score (nSPS) is 18.2. The summed E-state index contributed by atoms with van der Waals surface area (Å²) in [5.41, 5.74) is 3.67. The minimum absolute atomic E-state index is 0.00329. The average Bonchev–Trinajstić information content (AvgIpc) is 3.68. The molecular formula is C28H37N7O2. The number of nitrogens with zero attached hydrogens (tertiary/aromatic N) is 5. The zero-order valence-corrected chi connectivity index (χ0v) is 22.0. The number of carbonyl (C=O) groups excluding carboxylic acids is 1. The van der Waals surface area contributed by atoms with Gasteiger partial charge in [0.25, 0.3) is 0 Å². The molecule has 3 heterocycles. The predicted molar refractivity (Wildman–Crippen MR) is 145 cm³/mol. The second-order valence-electron chi connectivity index (χ2n) is 10.7. The van der Waals surface area contributed by atoms with E-state index in [0.717, 1.165) is 51.0 Å². The number of nitrogens with one attached hydrogen (secondary N) is 2. The van der Waals surface area contributed by atoms with E-state index in [-0.39, 0.29) is 23.7 Å². The Labute approximate surface area is 217 Å². The molecule has 9 heteroatoms. The van der Waals surface area contributed by atoms with Gasteiger partial charge in [-0.25, -0.2) is 9.78 Å². The molecule has 1 amide bonds. The van der Waals surface area contributed by atoms with Crippen molar-refractivity contribution < 1.29 is 4.79 Å². The Morgan fingerprint density at radius 1 is 1.14 bits per heavy atom. The summed E-state index contributed by atoms with van der Waals surface area (Å²) in [5, 5.41) is 3.40. The first-order chi connectivity index (χ1) is 17.8. The van der Waals surface area contributed by atoms with Crippen molar-refractivity contribution in [3.8, 4) is 0 Å². The van der Waals surface area contributed by atoms with Crippen molar-refractivity contribution >= 4 is 23.0 Å². The standard InChI is InChI=1S/C28H37N7O2/c1-5-25(36)34-14-12-33(13-15-34)24(16-18(2)3)21-8-6-20(7-9-21)19(4)30-27-29-17-23-26(32-27)35(22-10-11-22)28(37)31-23/h5-9,17-19,22,24H,1,10-16H2,2-4H3,(H,31,37)(H,29,30,32)/t19-,24-/m0/s1. The fourth-order valence-electron chi connectivity index (χ4n) is 5.27. The van der Waals surface area contributed by atoms with Crippen LogP contribution in [0.25, 0.3) is 11.2 Å². The van der Waals surface area contributed by atoms with Crippen LogP contribution in [0, 0.1) is 5.92 Å². The molecule has 2 N–H and O–H groups in total. The van der Waals surface area contributed by atoms with E-state index in [1.807, 2.05) is 4.90 Å². The Morgan fingerprint density at radius 2 is 1.81 bits per heavy atom. The number of carbonyl (C=O) groups is 1. The Hall–Kier alpha value is -3.46. The number of aromatic nitrogens is 4. The summed E-state index contributed by atoms with van der Waals surface area (Å²) >= 11 is 0. The molecule has 196 valence electrons. The third kappa shape index (κ3) is 5.46. The van der Waals surface area contributed by atoms with E-state index < -0.39 is 0 Å². The number of aromatic amines is 1. The Bertz CT molecular complexity index is 1310. The molecule has 3 aromatic rings. The maximum absolute atomic E-state index is 12.3. The number of amides is 1. The number of hydrogen-bond acceptors (Lipinski definition) is 6. The molecule has 5 rings (SSSR count). The molecule has 2 fully saturated rings. The second-order valence-corrected chi connectivity index (χ2v) is 10.7. The van der Waals surface area contributed by atoms with Gasteiger partial charge in [-0.05, 0) is 49.3 Å². The van der Waals surface area contributed by atoms with Gasteiger partial charge in [0.05, 0.1) is 12.2 Å². The molecule has 1 aliphatic carbocycles. The van der Waals surface area contributed by atoms with Crippen LogP contribution < -0.4 is 11.0 Å². The second kappa shape index (κ2) is 10.5. The summed E-state index contributed by atoms with van der Waals surface area (Å²) in [6.07, 6.45) is 6.18. The number of anilines is 1. The molecule has 0 bridgehead atoms. The number of rotatable bonds is 9. The number of imidazole rings is 1. The summed E-state index contributed by atoms with van der Waals surface area (Å²) in [5.74, 6) is 1.09. The van der Waals surface area contributed by atoms with Gasteiger partial charge in [-0.3, -0.25) is 14.3 Å². The van der Waals surface area contributed by atoms with E-state index in [0.29, 0.717) is 29.1 Å². The van der Waals surface area contributed by atoms with Gasteiger partial charge >= 0.3 is 5.69 Å². The van der Waals surface area contributed by atoms with E-state index in [1.165, 1.54) is 11.6 Å². The van der Waals surface area contributed by atoms with E-state index >= 15 is 0 Å². The highest BCUT2D eigenvalue weighted by Gasteiger charge is 2.29. The van der Waals surface area contributed by atoms with Crippen molar-refractivity contribution in [2.75, 3.05) is 31.5 Å². The first-order valence-corrected chi connectivity index (χ1v) is 13.3. The summed E-state index contributed by atoms with van der Waals surface area (Å²) in [4.78, 5) is 40.6. The van der Waals surface area contributed by atoms with E-state index in [4.69, 9.17) is 0 Å². The smallest absolute Gasteiger partial charge is 0.327 e. The SMILES string of the molecule is C=CC(=O)N1CCN([C@@H](CC(C)C)c2ccc([C@H](C)Nc3ncc4[nH]c(=O)n(C5CC5)c4n3)cc2)CC1. The van der Waals surface area contributed by atoms with E-state index in [9.17, 15) is 9.59 Å². The van der Waals surface area contributed by atoms with Crippen molar-refractivity contribution in [1.82, 2.24) is 29.3 Å². The molecule has 2 atom stereocenters. The minimum Gasteiger partial charge on any atom is -0.348 e. The van der Waals surface area contributed by atoms with Crippen molar-refractivity contribution in [2.24, 2.45) is 5.92 Å². The van der Waals surface area contributed by atoms with Gasteiger partial charge in [-0.1, -0.05) is 44.7 Å². The van der Waals surface area contributed by atoms with Gasteiger partial charge in [-0.15, -0.1) is 0 Å². The topological polar surface area (TPSA) is 99.2 Å². The molecule has 2 aliphatic rings. The number of piperazine rings is 1. The number of hydrogen-bond donors (Lipinski definition) is 2. The molecule has 1 aromatic carbocycles. The molecule has 1 aliphatic heterocycles. The zero-order chi connectivity index (χ0) is 26.1. The highest BCUT2D eigenvalue weighted by Crippen LogP contribution is 2.35. The highest BCUT2D eigenvalue weighted by molar-refractivity contribution is 5.87. The van der Waals surface area contributed by atoms with Gasteiger partial charge in [0.2, 0.25) is 11.9 Å². The predicted octanol–water partition coefficient (Wildman–Crippen LogP) is 4.05. The molecule has 0 unspecified atom stereocenters. The van der Waals surface area contributed by atoms with Gasteiger partial charge in [0.15, 0.2) is 5.65 Å². The average molecular weight is 504 g/mol. The lowest BCUT2D eigenvalue weighted by Crippen LogP contribution is -2.49. The fourth-order valence-corrected chi connectivity index (χ4v) is 5.27. The third-order valence-electron chi connectivity index (χ3n) is 7.47. The summed E-state index contributed by atoms with van der Waals surface area (Å²) in [6, 6.07) is 9.36. The van der Waals surface area contributed by atoms with Gasteiger partial charge in [0.1, 0.15) is 5.52 Å². The van der Waals surface area contributed by atoms with Crippen LogP contribution in [0.5, 0.6) is 0 Å². The highest BCUT2D eigenvalue weighted by atomic mass is 16.2. The lowest BCUT2D eigenvalue weighted by atomic mass is 9.93. The molecule has 2 aromatic heterocycles. The van der Waals surface area contributed by atoms with Gasteiger partial charge in [0, 0.05) is 38.3 Å². The van der Waals surface area contributed by atoms with Crippen LogP contribution in [0.1, 0.15) is 69.3 Å². The van der Waals surface area contributed by atoms with Crippen molar-refractivity contribution in [3.63, 3.8) is 0 Å². The fraction of sp³-hybridized carbons (Fsp3) is 0.500. The number of fused-ring (bicyclic) bond motifs is 1. The quantitative estimate of drug-likeness (QED) is 0.428. The Morgan fingerprint density at radius 3 is 2.43 bits per heavy atom. The van der Waals surface area contributed by atoms with Gasteiger partial charge < -0.3 is 15.2 Å². The van der Waals surface area contributed by atoms with Gasteiger partial charge in [-0.2, -0.15) is 4.98 Å². The van der Waals surface area contributed by atoms with Crippen molar-refractivity contribution in [1.29, 1.82) is 0 Å². The zero-order valence-electron chi connectivity index (χ0n) is 22.0. The van der Waals surface area contributed by atoms with E-state index in [2.05, 4.69) is 76.8 Å². The van der Waals surface area contributed by atoms with Crippen molar-refractivity contribution in [2.45, 2.75) is 58.2 Å². The Balaban J connectivity index is 1.29. The lowest BCUT2D eigenvalue weighted by molar-refractivity contribution is -0.128. The number of H-pyrrole nitrogens is 1. The first-order valence-electron chi connectivity index (χ1n) is 13.3. The van der Waals surface area contributed by atoms with Crippen LogP contribution in [-0.2, 0) is 4.79 Å². The maximum atomic E-state index is 12.3. The van der Waals surface area contributed by atoms with Crippen LogP contribution in [0.15, 0.2) is 47.9 Å². The van der Waals surface area contributed by atoms with Crippen molar-refractivity contribution in [3.05, 3.63) is 64.7 Å². The van der Waals surface area contributed by atoms with Crippen LogP contribution in [-0.4, -0.2) is 61.4 Å². The molecular weight excluding hydrogens is 466 g/mol. The molecule has 9 nitrogen and oxygen atoms in total. The summed E-state index contributed by atoms with van der Waals surface area (Å²) < 4.78 is 1.75. The van der Waals surface area contributed by atoms with Crippen LogP contribution >= 0.6 is 0 Å². The largest absolute Gasteiger partial charge is 0.348 e. The summed E-state index contributed by atoms with van der Waals surface area (Å²) in [7, 11) is 0. The van der Waals surface area contributed by atoms with E-state index in [1.54, 1.807) is 10.8 Å². The molecule has 0 spiro atoms. The number of benzene rings is 1. The summed E-state index contributed by atoms with van der Waals surface area (Å²) in [6.45, 7) is 13.4. The monoisotopic (exact) mass is 503 g/mol. The minimum atomic E-state index is -0.114. The molecule has 0 radical (unpaired) electrons. The van der Waals surface area contributed by atoms with Crippen LogP contribution in [0.2, 0.25) is 0 Å². The van der Waals surface area contributed by atoms with Crippen LogP contribution in [0.4, 0.5) is 5.95 Å². The Kier molecular flexibility index (Phi) is 7.15. The molecule has 37 heavy (non-hydrogen) atoms. The molecule has 1 saturated heterocycles. The third-order valence-corrected chi connectivity index (χ3v) is 7.47. The van der Waals surface area contributed by atoms with Crippen LogP contribution in [0.3, 0.4) is 0 Å². The lowest BCUT2D eigenvalue weighted by Gasteiger charge is -2.40. The molecule has 1 saturated carbocycles. The first kappa shape index (κ1) is 25.2. The maximum Gasteiger partial charge on any atom is 0.327 e.